The van der Waals surface area contributed by atoms with Gasteiger partial charge in [-0.05, 0) is 67.5 Å². The standard InChI is InChI=1S/C28H36BrN5O5/c1-17(33-27(38)23(30)13-18-8-10-22(35)11-9-18)26(37)32-15-25(36)34(16-19-6-7-19)24(28(39)31-2)14-20-4-3-5-21(29)12-20/h3-5,8-12,17,19,23-24,35H,6-7,13-16,30H2,1-2H3,(H,31,39)(H,32,37)(H,33,38)/t17-,23+,24+/m1/s1. The highest BCUT2D eigenvalue weighted by Crippen LogP contribution is 2.31. The topological polar surface area (TPSA) is 154 Å². The van der Waals surface area contributed by atoms with Gasteiger partial charge in [0.1, 0.15) is 17.8 Å². The Morgan fingerprint density at radius 1 is 1.03 bits per heavy atom. The molecular weight excluding hydrogens is 566 g/mol. The number of carbonyl (C=O) groups excluding carboxylic acids is 4. The summed E-state index contributed by atoms with van der Waals surface area (Å²) in [6.45, 7) is 1.63. The fourth-order valence-electron chi connectivity index (χ4n) is 4.16. The van der Waals surface area contributed by atoms with Crippen molar-refractivity contribution in [3.8, 4) is 5.75 Å². The van der Waals surface area contributed by atoms with E-state index >= 15 is 0 Å². The zero-order valence-electron chi connectivity index (χ0n) is 22.2. The molecule has 10 nitrogen and oxygen atoms in total. The molecule has 2 aromatic rings. The summed E-state index contributed by atoms with van der Waals surface area (Å²) in [5, 5.41) is 17.2. The van der Waals surface area contributed by atoms with Crippen LogP contribution in [0.2, 0.25) is 0 Å². The molecule has 1 aliphatic carbocycles. The van der Waals surface area contributed by atoms with E-state index in [2.05, 4.69) is 31.9 Å². The Bertz CT molecular complexity index is 1170. The summed E-state index contributed by atoms with van der Waals surface area (Å²) in [5.74, 6) is -1.26. The van der Waals surface area contributed by atoms with E-state index in [1.165, 1.54) is 26.1 Å². The summed E-state index contributed by atoms with van der Waals surface area (Å²) in [5.41, 5.74) is 7.65. The molecule has 0 saturated heterocycles. The van der Waals surface area contributed by atoms with Gasteiger partial charge < -0.3 is 31.7 Å². The maximum Gasteiger partial charge on any atom is 0.242 e. The molecule has 0 radical (unpaired) electrons. The smallest absolute Gasteiger partial charge is 0.242 e. The van der Waals surface area contributed by atoms with Gasteiger partial charge in [-0.1, -0.05) is 40.2 Å². The number of amides is 4. The molecule has 0 bridgehead atoms. The third-order valence-electron chi connectivity index (χ3n) is 6.61. The highest BCUT2D eigenvalue weighted by atomic mass is 79.9. The average molecular weight is 603 g/mol. The van der Waals surface area contributed by atoms with Crippen molar-refractivity contribution in [3.05, 3.63) is 64.1 Å². The van der Waals surface area contributed by atoms with Crippen molar-refractivity contribution in [1.29, 1.82) is 0 Å². The van der Waals surface area contributed by atoms with Gasteiger partial charge in [0.05, 0.1) is 12.6 Å². The van der Waals surface area contributed by atoms with E-state index in [0.717, 1.165) is 28.4 Å². The zero-order valence-corrected chi connectivity index (χ0v) is 23.7. The van der Waals surface area contributed by atoms with Crippen molar-refractivity contribution in [3.63, 3.8) is 0 Å². The Hall–Kier alpha value is -3.44. The number of nitrogens with two attached hydrogens (primary N) is 1. The van der Waals surface area contributed by atoms with Crippen LogP contribution in [0.4, 0.5) is 0 Å². The van der Waals surface area contributed by atoms with Crippen LogP contribution in [0, 0.1) is 5.92 Å². The van der Waals surface area contributed by atoms with Crippen LogP contribution in [0.25, 0.3) is 0 Å². The number of halogens is 1. The van der Waals surface area contributed by atoms with E-state index in [1.54, 1.807) is 17.0 Å². The molecule has 1 saturated carbocycles. The van der Waals surface area contributed by atoms with E-state index in [9.17, 15) is 24.3 Å². The molecule has 4 amide bonds. The minimum absolute atomic E-state index is 0.113. The Labute approximate surface area is 236 Å². The SMILES string of the molecule is CNC(=O)[C@H](Cc1cccc(Br)c1)N(CC1CC1)C(=O)CNC(=O)[C@@H](C)NC(=O)[C@@H](N)Cc1ccc(O)cc1. The number of likely N-dealkylation sites (N-methyl/N-ethyl adjacent to an activating group) is 1. The minimum Gasteiger partial charge on any atom is -0.508 e. The number of nitrogens with one attached hydrogen (secondary N) is 3. The van der Waals surface area contributed by atoms with Crippen LogP contribution in [0.1, 0.15) is 30.9 Å². The van der Waals surface area contributed by atoms with Gasteiger partial charge in [-0.2, -0.15) is 0 Å². The Kier molecular flexibility index (Phi) is 10.9. The number of aromatic hydroxyl groups is 1. The molecule has 39 heavy (non-hydrogen) atoms. The van der Waals surface area contributed by atoms with Crippen molar-refractivity contribution in [1.82, 2.24) is 20.9 Å². The van der Waals surface area contributed by atoms with Gasteiger partial charge in [0.2, 0.25) is 23.6 Å². The van der Waals surface area contributed by atoms with Crippen LogP contribution in [0.5, 0.6) is 5.75 Å². The van der Waals surface area contributed by atoms with E-state index < -0.39 is 29.9 Å². The van der Waals surface area contributed by atoms with Crippen LogP contribution in [-0.4, -0.2) is 71.9 Å². The fraction of sp³-hybridized carbons (Fsp3) is 0.429. The molecule has 0 heterocycles. The molecule has 0 unspecified atom stereocenters. The van der Waals surface area contributed by atoms with Gasteiger partial charge in [0.15, 0.2) is 0 Å². The first-order valence-electron chi connectivity index (χ1n) is 12.9. The quantitative estimate of drug-likeness (QED) is 0.233. The second kappa shape index (κ2) is 14.1. The number of phenols is 1. The van der Waals surface area contributed by atoms with Gasteiger partial charge in [-0.3, -0.25) is 19.2 Å². The third kappa shape index (κ3) is 9.36. The summed E-state index contributed by atoms with van der Waals surface area (Å²) in [6, 6.07) is 11.4. The predicted octanol–water partition coefficient (Wildman–Crippen LogP) is 1.24. The number of hydrogen-bond donors (Lipinski definition) is 5. The summed E-state index contributed by atoms with van der Waals surface area (Å²) < 4.78 is 0.877. The minimum atomic E-state index is -0.926. The molecule has 210 valence electrons. The van der Waals surface area contributed by atoms with Crippen LogP contribution < -0.4 is 21.7 Å². The van der Waals surface area contributed by atoms with Crippen molar-refractivity contribution in [2.24, 2.45) is 11.7 Å². The highest BCUT2D eigenvalue weighted by Gasteiger charge is 2.34. The number of carbonyl (C=O) groups is 4. The summed E-state index contributed by atoms with van der Waals surface area (Å²) >= 11 is 3.45. The van der Waals surface area contributed by atoms with Crippen molar-refractivity contribution in [2.45, 2.75) is 50.7 Å². The van der Waals surface area contributed by atoms with Gasteiger partial charge in [0, 0.05) is 24.5 Å². The number of phenolic OH excluding ortho intramolecular Hbond substituents is 1. The lowest BCUT2D eigenvalue weighted by atomic mass is 10.0. The molecule has 3 atom stereocenters. The molecule has 0 aromatic heterocycles. The highest BCUT2D eigenvalue weighted by molar-refractivity contribution is 9.10. The second-order valence-corrected chi connectivity index (χ2v) is 10.8. The summed E-state index contributed by atoms with van der Waals surface area (Å²) in [4.78, 5) is 52.9. The zero-order chi connectivity index (χ0) is 28.5. The lowest BCUT2D eigenvalue weighted by Gasteiger charge is -2.31. The van der Waals surface area contributed by atoms with Crippen molar-refractivity contribution in [2.75, 3.05) is 20.1 Å². The molecule has 2 aromatic carbocycles. The number of nitrogens with zero attached hydrogens (tertiary/aromatic N) is 1. The predicted molar refractivity (Wildman–Crippen MR) is 151 cm³/mol. The van der Waals surface area contributed by atoms with Crippen molar-refractivity contribution >= 4 is 39.6 Å². The maximum atomic E-state index is 13.3. The van der Waals surface area contributed by atoms with Crippen LogP contribution >= 0.6 is 15.9 Å². The molecule has 0 aliphatic heterocycles. The van der Waals surface area contributed by atoms with Gasteiger partial charge >= 0.3 is 0 Å². The lowest BCUT2D eigenvalue weighted by molar-refractivity contribution is -0.141. The largest absolute Gasteiger partial charge is 0.508 e. The molecular formula is C28H36BrN5O5. The Balaban J connectivity index is 1.58. The van der Waals surface area contributed by atoms with E-state index in [4.69, 9.17) is 5.73 Å². The van der Waals surface area contributed by atoms with Crippen LogP contribution in [-0.2, 0) is 32.0 Å². The number of benzene rings is 2. The summed E-state index contributed by atoms with van der Waals surface area (Å²) in [7, 11) is 1.54. The first kappa shape index (κ1) is 30.1. The maximum absolute atomic E-state index is 13.3. The monoisotopic (exact) mass is 601 g/mol. The van der Waals surface area contributed by atoms with Gasteiger partial charge in [-0.15, -0.1) is 0 Å². The molecule has 3 rings (SSSR count). The first-order chi connectivity index (χ1) is 18.6. The Morgan fingerprint density at radius 2 is 1.72 bits per heavy atom. The molecule has 6 N–H and O–H groups in total. The molecule has 1 aliphatic rings. The van der Waals surface area contributed by atoms with E-state index in [0.29, 0.717) is 18.9 Å². The first-order valence-corrected chi connectivity index (χ1v) is 13.7. The average Bonchev–Trinajstić information content (AvgIpc) is 3.74. The van der Waals surface area contributed by atoms with Crippen molar-refractivity contribution < 1.29 is 24.3 Å². The van der Waals surface area contributed by atoms with Crippen LogP contribution in [0.15, 0.2) is 53.0 Å². The third-order valence-corrected chi connectivity index (χ3v) is 7.10. The molecule has 1 fully saturated rings. The normalized spacial score (nSPS) is 15.0. The molecule has 11 heteroatoms. The number of hydrogen-bond acceptors (Lipinski definition) is 6. The van der Waals surface area contributed by atoms with Gasteiger partial charge in [0.25, 0.3) is 0 Å². The van der Waals surface area contributed by atoms with E-state index in [-0.39, 0.29) is 30.5 Å². The second-order valence-electron chi connectivity index (χ2n) is 9.88. The summed E-state index contributed by atoms with van der Waals surface area (Å²) in [6.07, 6.45) is 2.53. The van der Waals surface area contributed by atoms with Gasteiger partial charge in [-0.25, -0.2) is 0 Å². The van der Waals surface area contributed by atoms with E-state index in [1.807, 2.05) is 24.3 Å². The lowest BCUT2D eigenvalue weighted by Crippen LogP contribution is -2.55. The number of rotatable bonds is 13. The Morgan fingerprint density at radius 3 is 2.33 bits per heavy atom. The fourth-order valence-corrected chi connectivity index (χ4v) is 4.61. The van der Waals surface area contributed by atoms with Crippen LogP contribution in [0.3, 0.4) is 0 Å². The molecule has 0 spiro atoms.